The Labute approximate surface area is 98.2 Å². The number of aromatic nitrogens is 2. The molecule has 0 bridgehead atoms. The predicted molar refractivity (Wildman–Crippen MR) is 66.1 cm³/mol. The van der Waals surface area contributed by atoms with Crippen molar-refractivity contribution >= 4 is 0 Å². The summed E-state index contributed by atoms with van der Waals surface area (Å²) in [4.78, 5) is 0. The molecule has 0 aromatic carbocycles. The number of hydrogen-bond donors (Lipinski definition) is 1. The molecule has 3 nitrogen and oxygen atoms in total. The first-order chi connectivity index (χ1) is 7.77. The summed E-state index contributed by atoms with van der Waals surface area (Å²) in [6.45, 7) is 3.33. The lowest BCUT2D eigenvalue weighted by molar-refractivity contribution is 0.352. The molecule has 2 unspecified atom stereocenters. The lowest BCUT2D eigenvalue weighted by Gasteiger charge is -2.22. The highest BCUT2D eigenvalue weighted by atomic mass is 15.3. The lowest BCUT2D eigenvalue weighted by atomic mass is 9.97. The van der Waals surface area contributed by atoms with E-state index in [1.54, 1.807) is 0 Å². The van der Waals surface area contributed by atoms with Crippen LogP contribution >= 0.6 is 0 Å². The Balaban J connectivity index is 1.86. The first-order valence-electron chi connectivity index (χ1n) is 6.47. The van der Waals surface area contributed by atoms with Crippen LogP contribution < -0.4 is 5.32 Å². The van der Waals surface area contributed by atoms with E-state index in [0.717, 1.165) is 12.5 Å². The Morgan fingerprint density at radius 2 is 2.19 bits per heavy atom. The molecule has 1 aromatic heterocycles. The molecule has 0 aliphatic heterocycles. The van der Waals surface area contributed by atoms with Gasteiger partial charge in [0.25, 0.3) is 0 Å². The molecule has 1 fully saturated rings. The summed E-state index contributed by atoms with van der Waals surface area (Å²) < 4.78 is 1.95. The van der Waals surface area contributed by atoms with Crippen LogP contribution in [0.15, 0.2) is 12.3 Å². The first-order valence-corrected chi connectivity index (χ1v) is 6.47. The molecule has 2 rings (SSSR count). The molecule has 0 radical (unpaired) electrons. The summed E-state index contributed by atoms with van der Waals surface area (Å²) in [5.41, 5.74) is 1.27. The second-order valence-electron chi connectivity index (χ2n) is 5.05. The molecule has 1 heterocycles. The average Bonchev–Trinajstić information content (AvgIpc) is 2.56. The minimum atomic E-state index is 0.692. The van der Waals surface area contributed by atoms with Crippen molar-refractivity contribution in [2.75, 3.05) is 0 Å². The van der Waals surface area contributed by atoms with Gasteiger partial charge < -0.3 is 5.32 Å². The van der Waals surface area contributed by atoms with Gasteiger partial charge in [0.15, 0.2) is 0 Å². The van der Waals surface area contributed by atoms with Gasteiger partial charge in [-0.3, -0.25) is 4.68 Å². The molecule has 2 atom stereocenters. The number of rotatable bonds is 3. The van der Waals surface area contributed by atoms with E-state index in [1.165, 1.54) is 37.8 Å². The largest absolute Gasteiger partial charge is 0.308 e. The van der Waals surface area contributed by atoms with Gasteiger partial charge in [0.1, 0.15) is 0 Å². The summed E-state index contributed by atoms with van der Waals surface area (Å²) in [7, 11) is 2.01. The van der Waals surface area contributed by atoms with Crippen LogP contribution in [-0.4, -0.2) is 15.8 Å². The van der Waals surface area contributed by atoms with E-state index in [2.05, 4.69) is 23.4 Å². The Hall–Kier alpha value is -0.830. The van der Waals surface area contributed by atoms with Gasteiger partial charge in [0.05, 0.1) is 5.69 Å². The second-order valence-corrected chi connectivity index (χ2v) is 5.05. The van der Waals surface area contributed by atoms with Crippen LogP contribution in [0, 0.1) is 5.92 Å². The summed E-state index contributed by atoms with van der Waals surface area (Å²) in [6, 6.07) is 2.78. The van der Waals surface area contributed by atoms with E-state index in [1.807, 2.05) is 17.9 Å². The maximum absolute atomic E-state index is 4.19. The number of hydrogen-bond acceptors (Lipinski definition) is 2. The number of aryl methyl sites for hydroxylation is 1. The zero-order valence-corrected chi connectivity index (χ0v) is 10.4. The molecule has 16 heavy (non-hydrogen) atoms. The van der Waals surface area contributed by atoms with Gasteiger partial charge in [-0.1, -0.05) is 26.2 Å². The third-order valence-electron chi connectivity index (χ3n) is 3.83. The highest BCUT2D eigenvalue weighted by Gasteiger charge is 2.19. The first kappa shape index (κ1) is 11.6. The summed E-state index contributed by atoms with van der Waals surface area (Å²) >= 11 is 0. The monoisotopic (exact) mass is 221 g/mol. The fourth-order valence-electron chi connectivity index (χ4n) is 2.61. The van der Waals surface area contributed by atoms with E-state index >= 15 is 0 Å². The molecule has 1 aliphatic carbocycles. The average molecular weight is 221 g/mol. The van der Waals surface area contributed by atoms with E-state index in [-0.39, 0.29) is 0 Å². The van der Waals surface area contributed by atoms with Gasteiger partial charge >= 0.3 is 0 Å². The quantitative estimate of drug-likeness (QED) is 0.795. The third-order valence-corrected chi connectivity index (χ3v) is 3.83. The van der Waals surface area contributed by atoms with Crippen LogP contribution in [0.25, 0.3) is 0 Å². The maximum atomic E-state index is 4.19. The normalized spacial score (nSPS) is 26.6. The third kappa shape index (κ3) is 2.85. The zero-order chi connectivity index (χ0) is 11.4. The highest BCUT2D eigenvalue weighted by Crippen LogP contribution is 2.23. The van der Waals surface area contributed by atoms with Gasteiger partial charge in [-0.05, 0) is 24.8 Å². The van der Waals surface area contributed by atoms with E-state index < -0.39 is 0 Å². The minimum absolute atomic E-state index is 0.692. The Bertz CT molecular complexity index is 319. The molecular formula is C13H23N3. The van der Waals surface area contributed by atoms with Crippen LogP contribution in [0.1, 0.15) is 44.7 Å². The molecule has 1 N–H and O–H groups in total. The minimum Gasteiger partial charge on any atom is -0.308 e. The molecule has 1 aromatic rings. The zero-order valence-electron chi connectivity index (χ0n) is 10.4. The van der Waals surface area contributed by atoms with Crippen molar-refractivity contribution in [2.24, 2.45) is 13.0 Å². The van der Waals surface area contributed by atoms with Crippen molar-refractivity contribution in [3.05, 3.63) is 18.0 Å². The Kier molecular flexibility index (Phi) is 3.99. The van der Waals surface area contributed by atoms with Crippen molar-refractivity contribution in [2.45, 2.75) is 51.6 Å². The van der Waals surface area contributed by atoms with Crippen molar-refractivity contribution in [3.8, 4) is 0 Å². The van der Waals surface area contributed by atoms with Gasteiger partial charge in [0.2, 0.25) is 0 Å². The molecular weight excluding hydrogens is 198 g/mol. The smallest absolute Gasteiger partial charge is 0.0518 e. The molecule has 0 saturated heterocycles. The van der Waals surface area contributed by atoms with E-state index in [4.69, 9.17) is 0 Å². The van der Waals surface area contributed by atoms with Crippen molar-refractivity contribution in [3.63, 3.8) is 0 Å². The molecule has 3 heteroatoms. The molecule has 0 spiro atoms. The highest BCUT2D eigenvalue weighted by molar-refractivity contribution is 4.99. The van der Waals surface area contributed by atoms with Crippen molar-refractivity contribution in [1.82, 2.24) is 15.1 Å². The molecule has 1 aliphatic rings. The molecule has 0 amide bonds. The number of nitrogens with zero attached hydrogens (tertiary/aromatic N) is 2. The predicted octanol–water partition coefficient (Wildman–Crippen LogP) is 2.48. The van der Waals surface area contributed by atoms with Crippen LogP contribution in [0.3, 0.4) is 0 Å². The van der Waals surface area contributed by atoms with E-state index in [0.29, 0.717) is 6.04 Å². The number of nitrogens with one attached hydrogen (secondary N) is 1. The summed E-state index contributed by atoms with van der Waals surface area (Å²) in [5, 5.41) is 7.89. The van der Waals surface area contributed by atoms with Crippen molar-refractivity contribution < 1.29 is 0 Å². The van der Waals surface area contributed by atoms with Crippen molar-refractivity contribution in [1.29, 1.82) is 0 Å². The van der Waals surface area contributed by atoms with Crippen LogP contribution in [0.5, 0.6) is 0 Å². The Morgan fingerprint density at radius 3 is 2.94 bits per heavy atom. The molecule has 1 saturated carbocycles. The van der Waals surface area contributed by atoms with Crippen LogP contribution in [0.2, 0.25) is 0 Å². The fourth-order valence-corrected chi connectivity index (χ4v) is 2.61. The van der Waals surface area contributed by atoms with Crippen LogP contribution in [0.4, 0.5) is 0 Å². The standard InChI is InChI=1S/C13H23N3/c1-11-6-4-3-5-7-13(11)14-10-12-8-9-15-16(12)2/h8-9,11,13-14H,3-7,10H2,1-2H3. The van der Waals surface area contributed by atoms with E-state index in [9.17, 15) is 0 Å². The van der Waals surface area contributed by atoms with Crippen LogP contribution in [-0.2, 0) is 13.6 Å². The SMILES string of the molecule is CC1CCCCCC1NCc1ccnn1C. The molecule has 90 valence electrons. The van der Waals surface area contributed by atoms with Gasteiger partial charge in [-0.25, -0.2) is 0 Å². The van der Waals surface area contributed by atoms with Gasteiger partial charge in [-0.15, -0.1) is 0 Å². The summed E-state index contributed by atoms with van der Waals surface area (Å²) in [5.74, 6) is 0.815. The van der Waals surface area contributed by atoms with Gasteiger partial charge in [-0.2, -0.15) is 5.10 Å². The fraction of sp³-hybridized carbons (Fsp3) is 0.769. The second kappa shape index (κ2) is 5.48. The van der Waals surface area contributed by atoms with Gasteiger partial charge in [0, 0.05) is 25.8 Å². The maximum Gasteiger partial charge on any atom is 0.0518 e. The Morgan fingerprint density at radius 1 is 1.38 bits per heavy atom. The summed E-state index contributed by atoms with van der Waals surface area (Å²) in [6.07, 6.45) is 8.78. The topological polar surface area (TPSA) is 29.9 Å². The lowest BCUT2D eigenvalue weighted by Crippen LogP contribution is -2.34.